The van der Waals surface area contributed by atoms with E-state index in [4.69, 9.17) is 5.73 Å². The summed E-state index contributed by atoms with van der Waals surface area (Å²) < 4.78 is 2.30. The molecular formula is C31H25N5O. The number of nitrogen functional groups attached to an aromatic ring is 1. The Kier molecular flexibility index (Phi) is 5.62. The second-order valence-electron chi connectivity index (χ2n) is 8.96. The molecule has 0 aliphatic rings. The number of anilines is 2. The summed E-state index contributed by atoms with van der Waals surface area (Å²) in [4.78, 5) is 13.3. The highest BCUT2D eigenvalue weighted by molar-refractivity contribution is 6.11. The molecule has 37 heavy (non-hydrogen) atoms. The second-order valence-corrected chi connectivity index (χ2v) is 8.96. The molecule has 0 radical (unpaired) electrons. The Labute approximate surface area is 214 Å². The standard InChI is InChI=1S/C31H25N5O/c1-2-36-29-13-6-5-12-25(29)26-19-24(14-15-30(26)36)34-35-28-17-21-9-4-3-8-20(21)16-27(28)31(37)33-23-11-7-10-22(32)18-23/h3-19H,2,32H2,1H3,(H,33,37). The number of nitrogens with two attached hydrogens (primary N) is 1. The van der Waals surface area contributed by atoms with E-state index in [9.17, 15) is 4.79 Å². The SMILES string of the molecule is CCn1c2ccccc2c2cc(N=Nc3cc4ccccc4cc3C(=O)Nc3cccc(N)c3)ccc21. The molecule has 6 rings (SSSR count). The number of aryl methyl sites for hydroxylation is 1. The fourth-order valence-electron chi connectivity index (χ4n) is 4.86. The maximum absolute atomic E-state index is 13.3. The van der Waals surface area contributed by atoms with Crippen molar-refractivity contribution in [3.63, 3.8) is 0 Å². The maximum atomic E-state index is 13.3. The Balaban J connectivity index is 1.42. The molecule has 5 aromatic carbocycles. The summed E-state index contributed by atoms with van der Waals surface area (Å²) in [5, 5.41) is 16.3. The Morgan fingerprint density at radius 2 is 1.54 bits per heavy atom. The molecule has 1 amide bonds. The van der Waals surface area contributed by atoms with Gasteiger partial charge in [0, 0.05) is 39.7 Å². The molecule has 0 aliphatic heterocycles. The molecule has 180 valence electrons. The summed E-state index contributed by atoms with van der Waals surface area (Å²) >= 11 is 0. The van der Waals surface area contributed by atoms with Crippen molar-refractivity contribution >= 4 is 61.2 Å². The third kappa shape index (κ3) is 4.19. The minimum absolute atomic E-state index is 0.272. The summed E-state index contributed by atoms with van der Waals surface area (Å²) in [6.07, 6.45) is 0. The summed E-state index contributed by atoms with van der Waals surface area (Å²) in [5.74, 6) is -0.272. The lowest BCUT2D eigenvalue weighted by atomic mass is 10.0. The Bertz CT molecular complexity index is 1830. The van der Waals surface area contributed by atoms with Crippen molar-refractivity contribution in [2.75, 3.05) is 11.1 Å². The van der Waals surface area contributed by atoms with E-state index in [2.05, 4.69) is 63.4 Å². The first-order chi connectivity index (χ1) is 18.1. The number of hydrogen-bond donors (Lipinski definition) is 2. The minimum atomic E-state index is -0.272. The molecule has 0 unspecified atom stereocenters. The van der Waals surface area contributed by atoms with Crippen LogP contribution in [0.25, 0.3) is 32.6 Å². The number of para-hydroxylation sites is 1. The van der Waals surface area contributed by atoms with Crippen molar-refractivity contribution in [3.05, 3.63) is 109 Å². The minimum Gasteiger partial charge on any atom is -0.399 e. The van der Waals surface area contributed by atoms with Gasteiger partial charge in [-0.15, -0.1) is 5.11 Å². The van der Waals surface area contributed by atoms with Gasteiger partial charge in [0.25, 0.3) is 5.91 Å². The zero-order chi connectivity index (χ0) is 25.4. The van der Waals surface area contributed by atoms with Crippen LogP contribution >= 0.6 is 0 Å². The number of aromatic nitrogens is 1. The lowest BCUT2D eigenvalue weighted by Crippen LogP contribution is -2.12. The van der Waals surface area contributed by atoms with Crippen LogP contribution in [0.15, 0.2) is 113 Å². The van der Waals surface area contributed by atoms with Crippen LogP contribution in [0.3, 0.4) is 0 Å². The van der Waals surface area contributed by atoms with Crippen molar-refractivity contribution < 1.29 is 4.79 Å². The van der Waals surface area contributed by atoms with E-state index in [1.54, 1.807) is 24.3 Å². The van der Waals surface area contributed by atoms with Crippen LogP contribution in [0.4, 0.5) is 22.7 Å². The van der Waals surface area contributed by atoms with Crippen molar-refractivity contribution in [1.29, 1.82) is 0 Å². The van der Waals surface area contributed by atoms with Crippen LogP contribution < -0.4 is 11.1 Å². The number of nitrogens with one attached hydrogen (secondary N) is 1. The highest BCUT2D eigenvalue weighted by atomic mass is 16.1. The first-order valence-corrected chi connectivity index (χ1v) is 12.2. The largest absolute Gasteiger partial charge is 0.399 e. The molecule has 0 bridgehead atoms. The van der Waals surface area contributed by atoms with Gasteiger partial charge in [-0.3, -0.25) is 4.79 Å². The van der Waals surface area contributed by atoms with E-state index in [-0.39, 0.29) is 5.91 Å². The predicted molar refractivity (Wildman–Crippen MR) is 152 cm³/mol. The number of carbonyl (C=O) groups excluding carboxylic acids is 1. The van der Waals surface area contributed by atoms with Gasteiger partial charge in [0.05, 0.1) is 16.9 Å². The Hall–Kier alpha value is -4.97. The highest BCUT2D eigenvalue weighted by Gasteiger charge is 2.14. The number of hydrogen-bond acceptors (Lipinski definition) is 4. The van der Waals surface area contributed by atoms with Gasteiger partial charge in [-0.1, -0.05) is 48.5 Å². The quantitative estimate of drug-likeness (QED) is 0.191. The molecule has 1 aromatic heterocycles. The molecule has 0 spiro atoms. The van der Waals surface area contributed by atoms with Crippen LogP contribution in [-0.2, 0) is 6.54 Å². The van der Waals surface area contributed by atoms with Gasteiger partial charge in [0.15, 0.2) is 0 Å². The zero-order valence-corrected chi connectivity index (χ0v) is 20.3. The molecule has 0 atom stereocenters. The number of azo groups is 1. The van der Waals surface area contributed by atoms with Gasteiger partial charge in [0.2, 0.25) is 0 Å². The second kappa shape index (κ2) is 9.24. The van der Waals surface area contributed by atoms with Crippen LogP contribution in [0.2, 0.25) is 0 Å². The summed E-state index contributed by atoms with van der Waals surface area (Å²) in [6.45, 7) is 3.03. The van der Waals surface area contributed by atoms with Crippen LogP contribution in [-0.4, -0.2) is 10.5 Å². The Morgan fingerprint density at radius 1 is 0.784 bits per heavy atom. The predicted octanol–water partition coefficient (Wildman–Crippen LogP) is 8.22. The maximum Gasteiger partial charge on any atom is 0.257 e. The number of carbonyl (C=O) groups is 1. The number of amides is 1. The van der Waals surface area contributed by atoms with E-state index >= 15 is 0 Å². The first kappa shape index (κ1) is 22.5. The van der Waals surface area contributed by atoms with Gasteiger partial charge in [-0.2, -0.15) is 5.11 Å². The van der Waals surface area contributed by atoms with Crippen molar-refractivity contribution in [3.8, 4) is 0 Å². The summed E-state index contributed by atoms with van der Waals surface area (Å²) in [6, 6.07) is 33.2. The van der Waals surface area contributed by atoms with Crippen LogP contribution in [0.1, 0.15) is 17.3 Å². The normalized spacial score (nSPS) is 11.6. The summed E-state index contributed by atoms with van der Waals surface area (Å²) in [5.41, 5.74) is 11.1. The average Bonchev–Trinajstić information content (AvgIpc) is 3.24. The number of fused-ring (bicyclic) bond motifs is 4. The van der Waals surface area contributed by atoms with Crippen molar-refractivity contribution in [1.82, 2.24) is 4.57 Å². The third-order valence-corrected chi connectivity index (χ3v) is 6.60. The molecule has 1 heterocycles. The van der Waals surface area contributed by atoms with E-state index in [0.29, 0.717) is 22.6 Å². The molecule has 3 N–H and O–H groups in total. The smallest absolute Gasteiger partial charge is 0.257 e. The molecule has 6 aromatic rings. The average molecular weight is 484 g/mol. The molecular weight excluding hydrogens is 458 g/mol. The summed E-state index contributed by atoms with van der Waals surface area (Å²) in [7, 11) is 0. The fraction of sp³-hybridized carbons (Fsp3) is 0.0645. The molecule has 6 heteroatoms. The van der Waals surface area contributed by atoms with Gasteiger partial charge in [-0.05, 0) is 72.3 Å². The first-order valence-electron chi connectivity index (χ1n) is 12.2. The topological polar surface area (TPSA) is 84.8 Å². The van der Waals surface area contributed by atoms with Crippen molar-refractivity contribution in [2.24, 2.45) is 10.2 Å². The van der Waals surface area contributed by atoms with E-state index in [1.165, 1.54) is 10.9 Å². The lowest BCUT2D eigenvalue weighted by molar-refractivity contribution is 0.102. The van der Waals surface area contributed by atoms with Gasteiger partial charge < -0.3 is 15.6 Å². The number of benzene rings is 5. The highest BCUT2D eigenvalue weighted by Crippen LogP contribution is 2.33. The molecule has 6 nitrogen and oxygen atoms in total. The van der Waals surface area contributed by atoms with Crippen LogP contribution in [0.5, 0.6) is 0 Å². The lowest BCUT2D eigenvalue weighted by Gasteiger charge is -2.09. The molecule has 0 fully saturated rings. The third-order valence-electron chi connectivity index (χ3n) is 6.60. The van der Waals surface area contributed by atoms with E-state index in [0.717, 1.165) is 33.9 Å². The molecule has 0 saturated heterocycles. The van der Waals surface area contributed by atoms with Gasteiger partial charge >= 0.3 is 0 Å². The molecule has 0 aliphatic carbocycles. The number of nitrogens with zero attached hydrogens (tertiary/aromatic N) is 3. The van der Waals surface area contributed by atoms with Crippen LogP contribution in [0, 0.1) is 0 Å². The zero-order valence-electron chi connectivity index (χ0n) is 20.3. The van der Waals surface area contributed by atoms with Gasteiger partial charge in [-0.25, -0.2) is 0 Å². The van der Waals surface area contributed by atoms with E-state index in [1.807, 2.05) is 42.5 Å². The van der Waals surface area contributed by atoms with Crippen molar-refractivity contribution in [2.45, 2.75) is 13.5 Å². The van der Waals surface area contributed by atoms with Gasteiger partial charge in [0.1, 0.15) is 0 Å². The fourth-order valence-corrected chi connectivity index (χ4v) is 4.86. The van der Waals surface area contributed by atoms with E-state index < -0.39 is 0 Å². The molecule has 0 saturated carbocycles. The Morgan fingerprint density at radius 3 is 2.35 bits per heavy atom. The monoisotopic (exact) mass is 483 g/mol. The number of rotatable bonds is 5.